The lowest BCUT2D eigenvalue weighted by atomic mass is 10.2. The molecule has 2 aromatic carbocycles. The maximum Gasteiger partial charge on any atom is 0.337 e. The van der Waals surface area contributed by atoms with Gasteiger partial charge in [0.15, 0.2) is 0 Å². The molecular weight excluding hydrogens is 370 g/mol. The number of hydrogen-bond acceptors (Lipinski definition) is 6. The predicted octanol–water partition coefficient (Wildman–Crippen LogP) is 3.55. The van der Waals surface area contributed by atoms with Crippen molar-refractivity contribution in [3.8, 4) is 5.75 Å². The lowest BCUT2D eigenvalue weighted by molar-refractivity contribution is 0.0600. The molecule has 148 valence electrons. The molecule has 29 heavy (non-hydrogen) atoms. The van der Waals surface area contributed by atoms with Crippen LogP contribution >= 0.6 is 0 Å². The van der Waals surface area contributed by atoms with E-state index >= 15 is 0 Å². The monoisotopic (exact) mass is 391 g/mol. The molecule has 3 rings (SSSR count). The second-order valence-corrected chi connectivity index (χ2v) is 6.12. The average molecular weight is 391 g/mol. The van der Waals surface area contributed by atoms with Gasteiger partial charge in [0.25, 0.3) is 5.91 Å². The highest BCUT2D eigenvalue weighted by molar-refractivity contribution is 5.95. The second kappa shape index (κ2) is 9.36. The van der Waals surface area contributed by atoms with Gasteiger partial charge in [0.2, 0.25) is 0 Å². The van der Waals surface area contributed by atoms with E-state index in [-0.39, 0.29) is 5.91 Å². The summed E-state index contributed by atoms with van der Waals surface area (Å²) >= 11 is 0. The van der Waals surface area contributed by atoms with Gasteiger partial charge in [-0.05, 0) is 42.5 Å². The molecule has 1 aromatic heterocycles. The summed E-state index contributed by atoms with van der Waals surface area (Å²) in [6, 6.07) is 17.6. The number of esters is 1. The number of hydrogen-bond donors (Lipinski definition) is 2. The Morgan fingerprint density at radius 3 is 2.45 bits per heavy atom. The van der Waals surface area contributed by atoms with Crippen LogP contribution in [0.4, 0.5) is 11.5 Å². The Morgan fingerprint density at radius 1 is 0.966 bits per heavy atom. The van der Waals surface area contributed by atoms with E-state index in [0.717, 1.165) is 17.0 Å². The van der Waals surface area contributed by atoms with Crippen molar-refractivity contribution in [2.24, 2.45) is 0 Å². The molecule has 0 aliphatic carbocycles. The van der Waals surface area contributed by atoms with E-state index in [1.165, 1.54) is 7.11 Å². The molecule has 1 heterocycles. The fraction of sp³-hybridized carbons (Fsp3) is 0.136. The van der Waals surface area contributed by atoms with E-state index in [1.807, 2.05) is 24.3 Å². The molecule has 0 saturated heterocycles. The average Bonchev–Trinajstić information content (AvgIpc) is 2.77. The van der Waals surface area contributed by atoms with Gasteiger partial charge in [-0.3, -0.25) is 4.79 Å². The second-order valence-electron chi connectivity index (χ2n) is 6.12. The largest absolute Gasteiger partial charge is 0.496 e. The number of carbonyl (C=O) groups excluding carboxylic acids is 2. The molecule has 2 N–H and O–H groups in total. The Morgan fingerprint density at radius 2 is 1.72 bits per heavy atom. The minimum Gasteiger partial charge on any atom is -0.496 e. The van der Waals surface area contributed by atoms with Gasteiger partial charge in [0.05, 0.1) is 19.8 Å². The number of benzene rings is 2. The number of aromatic nitrogens is 1. The maximum absolute atomic E-state index is 12.5. The van der Waals surface area contributed by atoms with Gasteiger partial charge < -0.3 is 20.1 Å². The van der Waals surface area contributed by atoms with E-state index in [9.17, 15) is 9.59 Å². The Balaban J connectivity index is 1.65. The predicted molar refractivity (Wildman–Crippen MR) is 109 cm³/mol. The first-order valence-corrected chi connectivity index (χ1v) is 8.92. The van der Waals surface area contributed by atoms with Crippen LogP contribution in [0, 0.1) is 0 Å². The molecule has 0 bridgehead atoms. The molecule has 3 aromatic rings. The van der Waals surface area contributed by atoms with Crippen LogP contribution in [0.1, 0.15) is 26.3 Å². The van der Waals surface area contributed by atoms with Crippen LogP contribution in [0.25, 0.3) is 0 Å². The number of methoxy groups -OCH3 is 2. The van der Waals surface area contributed by atoms with Crippen LogP contribution in [0.15, 0.2) is 66.9 Å². The first kappa shape index (κ1) is 19.9. The molecule has 7 heteroatoms. The smallest absolute Gasteiger partial charge is 0.337 e. The lowest BCUT2D eigenvalue weighted by Crippen LogP contribution is -2.23. The highest BCUT2D eigenvalue weighted by atomic mass is 16.5. The number of carbonyl (C=O) groups is 2. The van der Waals surface area contributed by atoms with Crippen LogP contribution in [0.3, 0.4) is 0 Å². The molecule has 0 unspecified atom stereocenters. The van der Waals surface area contributed by atoms with Crippen LogP contribution in [0.5, 0.6) is 5.75 Å². The topological polar surface area (TPSA) is 89.5 Å². The molecule has 0 radical (unpaired) electrons. The van der Waals surface area contributed by atoms with Crippen molar-refractivity contribution >= 4 is 23.4 Å². The van der Waals surface area contributed by atoms with Gasteiger partial charge in [-0.25, -0.2) is 9.78 Å². The summed E-state index contributed by atoms with van der Waals surface area (Å²) in [6.07, 6.45) is 1.56. The van der Waals surface area contributed by atoms with Crippen LogP contribution in [-0.4, -0.2) is 31.1 Å². The van der Waals surface area contributed by atoms with Crippen LogP contribution < -0.4 is 15.4 Å². The summed E-state index contributed by atoms with van der Waals surface area (Å²) < 4.78 is 9.98. The number of amides is 1. The molecule has 7 nitrogen and oxygen atoms in total. The van der Waals surface area contributed by atoms with Crippen molar-refractivity contribution in [1.29, 1.82) is 0 Å². The fourth-order valence-electron chi connectivity index (χ4n) is 2.72. The number of ether oxygens (including phenoxy) is 2. The Hall–Kier alpha value is -3.87. The third-order valence-electron chi connectivity index (χ3n) is 4.23. The normalized spacial score (nSPS) is 10.1. The van der Waals surface area contributed by atoms with Gasteiger partial charge in [-0.1, -0.05) is 18.2 Å². The van der Waals surface area contributed by atoms with E-state index < -0.39 is 5.97 Å². The Kier molecular flexibility index (Phi) is 6.42. The Bertz CT molecular complexity index is 1000. The van der Waals surface area contributed by atoms with Crippen molar-refractivity contribution in [2.75, 3.05) is 19.5 Å². The summed E-state index contributed by atoms with van der Waals surface area (Å²) in [7, 11) is 2.93. The minimum atomic E-state index is -0.400. The minimum absolute atomic E-state index is 0.220. The highest BCUT2D eigenvalue weighted by Crippen LogP contribution is 2.18. The van der Waals surface area contributed by atoms with Crippen molar-refractivity contribution < 1.29 is 19.1 Å². The number of nitrogens with zero attached hydrogens (tertiary/aromatic N) is 1. The molecule has 0 saturated carbocycles. The zero-order chi connectivity index (χ0) is 20.6. The van der Waals surface area contributed by atoms with Gasteiger partial charge >= 0.3 is 5.97 Å². The van der Waals surface area contributed by atoms with Crippen molar-refractivity contribution in [1.82, 2.24) is 10.3 Å². The third kappa shape index (κ3) is 5.10. The molecule has 0 spiro atoms. The lowest BCUT2D eigenvalue weighted by Gasteiger charge is -2.11. The summed E-state index contributed by atoms with van der Waals surface area (Å²) in [5.74, 6) is 0.617. The van der Waals surface area contributed by atoms with Gasteiger partial charge in [0, 0.05) is 29.6 Å². The number of nitrogens with one attached hydrogen (secondary N) is 2. The number of rotatable bonds is 7. The van der Waals surface area contributed by atoms with Gasteiger partial charge in [0.1, 0.15) is 11.6 Å². The van der Waals surface area contributed by atoms with Gasteiger partial charge in [-0.2, -0.15) is 0 Å². The van der Waals surface area contributed by atoms with Crippen molar-refractivity contribution in [3.63, 3.8) is 0 Å². The van der Waals surface area contributed by atoms with Crippen LogP contribution in [0.2, 0.25) is 0 Å². The fourth-order valence-corrected chi connectivity index (χ4v) is 2.72. The van der Waals surface area contributed by atoms with Crippen molar-refractivity contribution in [3.05, 3.63) is 83.6 Å². The third-order valence-corrected chi connectivity index (χ3v) is 4.23. The number of para-hydroxylation sites is 1. The first-order chi connectivity index (χ1) is 14.1. The summed E-state index contributed by atoms with van der Waals surface area (Å²) in [5.41, 5.74) is 2.55. The summed E-state index contributed by atoms with van der Waals surface area (Å²) in [4.78, 5) is 28.2. The van der Waals surface area contributed by atoms with E-state index in [2.05, 4.69) is 20.4 Å². The summed E-state index contributed by atoms with van der Waals surface area (Å²) in [5, 5.41) is 5.99. The zero-order valence-corrected chi connectivity index (χ0v) is 16.1. The molecule has 0 fully saturated rings. The SMILES string of the molecule is COC(=O)c1ccc(Nc2cc(C(=O)NCc3ccccc3OC)ccn2)cc1. The standard InChI is InChI=1S/C22H21N3O4/c1-28-19-6-4-3-5-17(19)14-24-21(26)16-11-12-23-20(13-16)25-18-9-7-15(8-10-18)22(27)29-2/h3-13H,14H2,1-2H3,(H,23,25)(H,24,26). The molecule has 0 aliphatic rings. The van der Waals surface area contributed by atoms with Crippen LogP contribution in [-0.2, 0) is 11.3 Å². The van der Waals surface area contributed by atoms with Gasteiger partial charge in [-0.15, -0.1) is 0 Å². The van der Waals surface area contributed by atoms with E-state index in [4.69, 9.17) is 4.74 Å². The zero-order valence-electron chi connectivity index (χ0n) is 16.1. The van der Waals surface area contributed by atoms with E-state index in [1.54, 1.807) is 49.7 Å². The van der Waals surface area contributed by atoms with E-state index in [0.29, 0.717) is 23.5 Å². The highest BCUT2D eigenvalue weighted by Gasteiger charge is 2.09. The molecule has 0 aliphatic heterocycles. The first-order valence-electron chi connectivity index (χ1n) is 8.92. The number of anilines is 2. The van der Waals surface area contributed by atoms with Crippen molar-refractivity contribution in [2.45, 2.75) is 6.54 Å². The molecular formula is C22H21N3O4. The number of pyridine rings is 1. The Labute approximate surface area is 168 Å². The maximum atomic E-state index is 12.5. The molecule has 1 amide bonds. The quantitative estimate of drug-likeness (QED) is 0.599. The summed E-state index contributed by atoms with van der Waals surface area (Å²) in [6.45, 7) is 0.350. The molecule has 0 atom stereocenters.